The number of carbonyl (C=O) groups is 1. The number of ether oxygens (including phenoxy) is 2. The molecular formula is C17H25ClN2O3. The minimum atomic E-state index is -0.477. The molecule has 0 bridgehead atoms. The summed E-state index contributed by atoms with van der Waals surface area (Å²) in [5, 5.41) is 2.88. The SMILES string of the molecule is Cl.NC(C(=O)Nc1ccc(OCC2CC2)cc1)C1CCOCC1. The quantitative estimate of drug-likeness (QED) is 0.834. The van der Waals surface area contributed by atoms with E-state index in [9.17, 15) is 4.79 Å². The molecule has 1 saturated heterocycles. The first-order chi connectivity index (χ1) is 10.7. The average molecular weight is 341 g/mol. The van der Waals surface area contributed by atoms with Gasteiger partial charge in [0.2, 0.25) is 5.91 Å². The molecule has 0 radical (unpaired) electrons. The lowest BCUT2D eigenvalue weighted by molar-refractivity contribution is -0.119. The van der Waals surface area contributed by atoms with Gasteiger partial charge in [-0.25, -0.2) is 0 Å². The molecule has 1 heterocycles. The van der Waals surface area contributed by atoms with Gasteiger partial charge in [0, 0.05) is 18.9 Å². The first-order valence-electron chi connectivity index (χ1n) is 8.09. The Bertz CT molecular complexity index is 499. The van der Waals surface area contributed by atoms with Gasteiger partial charge >= 0.3 is 0 Å². The fourth-order valence-corrected chi connectivity index (χ4v) is 2.65. The Morgan fingerprint density at radius 2 is 1.87 bits per heavy atom. The molecule has 2 fully saturated rings. The molecule has 23 heavy (non-hydrogen) atoms. The Morgan fingerprint density at radius 3 is 2.48 bits per heavy atom. The molecule has 1 aromatic carbocycles. The molecule has 1 atom stereocenters. The minimum Gasteiger partial charge on any atom is -0.493 e. The molecule has 0 aromatic heterocycles. The van der Waals surface area contributed by atoms with Gasteiger partial charge in [-0.05, 0) is 61.8 Å². The van der Waals surface area contributed by atoms with Crippen LogP contribution in [0.1, 0.15) is 25.7 Å². The van der Waals surface area contributed by atoms with Crippen molar-refractivity contribution in [3.8, 4) is 5.75 Å². The second kappa shape index (κ2) is 8.52. The van der Waals surface area contributed by atoms with Crippen LogP contribution in [0.25, 0.3) is 0 Å². The van der Waals surface area contributed by atoms with Crippen molar-refractivity contribution < 1.29 is 14.3 Å². The van der Waals surface area contributed by atoms with Crippen LogP contribution in [0.5, 0.6) is 5.75 Å². The molecule has 128 valence electrons. The van der Waals surface area contributed by atoms with E-state index in [1.54, 1.807) is 0 Å². The summed E-state index contributed by atoms with van der Waals surface area (Å²) in [5.41, 5.74) is 6.82. The lowest BCUT2D eigenvalue weighted by atomic mass is 9.92. The number of carbonyl (C=O) groups excluding carboxylic acids is 1. The van der Waals surface area contributed by atoms with Crippen LogP contribution in [-0.4, -0.2) is 31.8 Å². The number of nitrogens with two attached hydrogens (primary N) is 1. The monoisotopic (exact) mass is 340 g/mol. The largest absolute Gasteiger partial charge is 0.493 e. The van der Waals surface area contributed by atoms with Gasteiger partial charge in [-0.1, -0.05) is 0 Å². The van der Waals surface area contributed by atoms with Gasteiger partial charge in [0.05, 0.1) is 12.6 Å². The van der Waals surface area contributed by atoms with Gasteiger partial charge < -0.3 is 20.5 Å². The first-order valence-corrected chi connectivity index (χ1v) is 8.09. The molecule has 1 unspecified atom stereocenters. The van der Waals surface area contributed by atoms with E-state index in [4.69, 9.17) is 15.2 Å². The maximum Gasteiger partial charge on any atom is 0.241 e. The summed E-state index contributed by atoms with van der Waals surface area (Å²) >= 11 is 0. The van der Waals surface area contributed by atoms with Crippen LogP contribution in [-0.2, 0) is 9.53 Å². The van der Waals surface area contributed by atoms with E-state index < -0.39 is 6.04 Å². The summed E-state index contributed by atoms with van der Waals surface area (Å²) < 4.78 is 11.0. The Morgan fingerprint density at radius 1 is 1.22 bits per heavy atom. The van der Waals surface area contributed by atoms with Crippen molar-refractivity contribution in [1.82, 2.24) is 0 Å². The maximum atomic E-state index is 12.2. The highest BCUT2D eigenvalue weighted by Gasteiger charge is 2.26. The van der Waals surface area contributed by atoms with Crippen LogP contribution in [0.3, 0.4) is 0 Å². The van der Waals surface area contributed by atoms with Crippen LogP contribution in [0.15, 0.2) is 24.3 Å². The van der Waals surface area contributed by atoms with E-state index in [1.165, 1.54) is 12.8 Å². The zero-order chi connectivity index (χ0) is 15.4. The Kier molecular flexibility index (Phi) is 6.69. The molecule has 6 heteroatoms. The maximum absolute atomic E-state index is 12.2. The van der Waals surface area contributed by atoms with Crippen molar-refractivity contribution in [2.45, 2.75) is 31.7 Å². The smallest absolute Gasteiger partial charge is 0.241 e. The number of hydrogen-bond donors (Lipinski definition) is 2. The zero-order valence-electron chi connectivity index (χ0n) is 13.2. The third-order valence-corrected chi connectivity index (χ3v) is 4.38. The van der Waals surface area contributed by atoms with Crippen molar-refractivity contribution >= 4 is 24.0 Å². The number of hydrogen-bond acceptors (Lipinski definition) is 4. The van der Waals surface area contributed by atoms with Gasteiger partial charge in [0.25, 0.3) is 0 Å². The third-order valence-electron chi connectivity index (χ3n) is 4.38. The molecule has 1 aliphatic carbocycles. The van der Waals surface area contributed by atoms with Crippen molar-refractivity contribution in [3.63, 3.8) is 0 Å². The van der Waals surface area contributed by atoms with E-state index in [0.29, 0.717) is 13.2 Å². The molecule has 1 aliphatic heterocycles. The average Bonchev–Trinajstić information content (AvgIpc) is 3.38. The predicted molar refractivity (Wildman–Crippen MR) is 92.1 cm³/mol. The summed E-state index contributed by atoms with van der Waals surface area (Å²) in [6.07, 6.45) is 4.25. The highest BCUT2D eigenvalue weighted by atomic mass is 35.5. The molecule has 1 saturated carbocycles. The second-order valence-electron chi connectivity index (χ2n) is 6.24. The standard InChI is InChI=1S/C17H24N2O3.ClH/c18-16(13-7-9-21-10-8-13)17(20)19-14-3-5-15(6-4-14)22-11-12-1-2-12;/h3-6,12-13,16H,1-2,7-11,18H2,(H,19,20);1H. The second-order valence-corrected chi connectivity index (χ2v) is 6.24. The van der Waals surface area contributed by atoms with Crippen LogP contribution < -0.4 is 15.8 Å². The highest BCUT2D eigenvalue weighted by Crippen LogP contribution is 2.29. The number of nitrogens with one attached hydrogen (secondary N) is 1. The van der Waals surface area contributed by atoms with Crippen molar-refractivity contribution in [2.75, 3.05) is 25.1 Å². The number of halogens is 1. The van der Waals surface area contributed by atoms with E-state index in [-0.39, 0.29) is 24.2 Å². The number of anilines is 1. The fraction of sp³-hybridized carbons (Fsp3) is 0.588. The Labute approximate surface area is 143 Å². The Hall–Kier alpha value is -1.30. The topological polar surface area (TPSA) is 73.6 Å². The van der Waals surface area contributed by atoms with Crippen molar-refractivity contribution in [2.24, 2.45) is 17.6 Å². The minimum absolute atomic E-state index is 0. The molecular weight excluding hydrogens is 316 g/mol. The zero-order valence-corrected chi connectivity index (χ0v) is 14.0. The van der Waals surface area contributed by atoms with Crippen molar-refractivity contribution in [1.29, 1.82) is 0 Å². The molecule has 3 N–H and O–H groups in total. The molecule has 0 spiro atoms. The fourth-order valence-electron chi connectivity index (χ4n) is 2.65. The number of rotatable bonds is 6. The molecule has 5 nitrogen and oxygen atoms in total. The van der Waals surface area contributed by atoms with E-state index in [0.717, 1.165) is 36.8 Å². The van der Waals surface area contributed by atoms with Crippen LogP contribution in [0.4, 0.5) is 5.69 Å². The third kappa shape index (κ3) is 5.37. The lowest BCUT2D eigenvalue weighted by Gasteiger charge is -2.26. The first kappa shape index (κ1) is 18.0. The summed E-state index contributed by atoms with van der Waals surface area (Å²) in [4.78, 5) is 12.2. The highest BCUT2D eigenvalue weighted by molar-refractivity contribution is 5.94. The number of benzene rings is 1. The van der Waals surface area contributed by atoms with Gasteiger partial charge in [-0.3, -0.25) is 4.79 Å². The van der Waals surface area contributed by atoms with Gasteiger partial charge in [-0.15, -0.1) is 12.4 Å². The van der Waals surface area contributed by atoms with Gasteiger partial charge in [-0.2, -0.15) is 0 Å². The molecule has 1 amide bonds. The lowest BCUT2D eigenvalue weighted by Crippen LogP contribution is -2.43. The van der Waals surface area contributed by atoms with E-state index in [2.05, 4.69) is 5.32 Å². The summed E-state index contributed by atoms with van der Waals surface area (Å²) in [5.74, 6) is 1.66. The normalized spacial score (nSPS) is 19.5. The van der Waals surface area contributed by atoms with Crippen LogP contribution in [0.2, 0.25) is 0 Å². The van der Waals surface area contributed by atoms with E-state index in [1.807, 2.05) is 24.3 Å². The van der Waals surface area contributed by atoms with Gasteiger partial charge in [0.15, 0.2) is 0 Å². The summed E-state index contributed by atoms with van der Waals surface area (Å²) in [7, 11) is 0. The predicted octanol–water partition coefficient (Wildman–Crippen LogP) is 2.59. The molecule has 2 aliphatic rings. The Balaban J connectivity index is 0.00000192. The van der Waals surface area contributed by atoms with Gasteiger partial charge in [0.1, 0.15) is 5.75 Å². The molecule has 3 rings (SSSR count). The van der Waals surface area contributed by atoms with Crippen LogP contribution >= 0.6 is 12.4 Å². The van der Waals surface area contributed by atoms with E-state index >= 15 is 0 Å². The summed E-state index contributed by atoms with van der Waals surface area (Å²) in [6.45, 7) is 2.18. The van der Waals surface area contributed by atoms with Crippen LogP contribution in [0, 0.1) is 11.8 Å². The van der Waals surface area contributed by atoms with Crippen molar-refractivity contribution in [3.05, 3.63) is 24.3 Å². The molecule has 1 aromatic rings. The summed E-state index contributed by atoms with van der Waals surface area (Å²) in [6, 6.07) is 7.01. The number of amides is 1.